The molecule has 2 heterocycles. The second kappa shape index (κ2) is 8.44. The van der Waals surface area contributed by atoms with E-state index in [-0.39, 0.29) is 17.5 Å². The molecule has 0 radical (unpaired) electrons. The predicted octanol–water partition coefficient (Wildman–Crippen LogP) is 3.04. The fourth-order valence-corrected chi connectivity index (χ4v) is 3.79. The predicted molar refractivity (Wildman–Crippen MR) is 110 cm³/mol. The molecule has 1 amide bonds. The summed E-state index contributed by atoms with van der Waals surface area (Å²) in [5.74, 6) is -0.181. The van der Waals surface area contributed by atoms with Crippen LogP contribution in [-0.2, 0) is 11.2 Å². The quantitative estimate of drug-likeness (QED) is 0.457. The van der Waals surface area contributed by atoms with Gasteiger partial charge in [-0.25, -0.2) is 4.39 Å². The fourth-order valence-electron chi connectivity index (χ4n) is 3.07. The Morgan fingerprint density at radius 1 is 1.28 bits per heavy atom. The van der Waals surface area contributed by atoms with E-state index in [2.05, 4.69) is 25.8 Å². The van der Waals surface area contributed by atoms with Gasteiger partial charge in [-0.2, -0.15) is 4.68 Å². The zero-order valence-electron chi connectivity index (χ0n) is 15.7. The van der Waals surface area contributed by atoms with Crippen LogP contribution in [0.4, 0.5) is 4.39 Å². The number of carbonyl (C=O) groups excluding carboxylic acids is 1. The molecular weight excluding hydrogens is 391 g/mol. The Balaban J connectivity index is 1.31. The standard InChI is InChI=1S/C20H19FN6OS/c1-13-3-2-4-16(9-13)27-20(24-25-26-27)29-12-19(28)22-8-7-14-11-23-18-6-5-15(21)10-17(14)18/h2-6,9-11,23H,7-8,12H2,1H3,(H,22,28). The molecule has 7 nitrogen and oxygen atoms in total. The van der Waals surface area contributed by atoms with Crippen LogP contribution in [-0.4, -0.2) is 43.4 Å². The maximum absolute atomic E-state index is 13.5. The number of hydrogen-bond donors (Lipinski definition) is 2. The molecule has 2 aromatic carbocycles. The van der Waals surface area contributed by atoms with Crippen LogP contribution < -0.4 is 5.32 Å². The van der Waals surface area contributed by atoms with E-state index in [1.807, 2.05) is 37.4 Å². The largest absolute Gasteiger partial charge is 0.361 e. The van der Waals surface area contributed by atoms with Gasteiger partial charge in [0.15, 0.2) is 0 Å². The Bertz CT molecular complexity index is 1150. The molecule has 0 aliphatic carbocycles. The summed E-state index contributed by atoms with van der Waals surface area (Å²) in [6.45, 7) is 2.46. The van der Waals surface area contributed by atoms with E-state index < -0.39 is 0 Å². The summed E-state index contributed by atoms with van der Waals surface area (Å²) >= 11 is 1.27. The Morgan fingerprint density at radius 3 is 3.03 bits per heavy atom. The molecule has 2 aromatic heterocycles. The van der Waals surface area contributed by atoms with Crippen LogP contribution in [0.2, 0.25) is 0 Å². The van der Waals surface area contributed by atoms with Crippen LogP contribution in [0.3, 0.4) is 0 Å². The van der Waals surface area contributed by atoms with Gasteiger partial charge in [0.05, 0.1) is 11.4 Å². The number of tetrazole rings is 1. The van der Waals surface area contributed by atoms with Crippen molar-refractivity contribution in [1.29, 1.82) is 0 Å². The van der Waals surface area contributed by atoms with E-state index in [1.54, 1.807) is 10.7 Å². The summed E-state index contributed by atoms with van der Waals surface area (Å²) in [6.07, 6.45) is 2.46. The molecule has 0 bridgehead atoms. The van der Waals surface area contributed by atoms with Gasteiger partial charge in [-0.15, -0.1) is 5.10 Å². The summed E-state index contributed by atoms with van der Waals surface area (Å²) in [5, 5.41) is 16.0. The third kappa shape index (κ3) is 4.45. The first kappa shape index (κ1) is 19.1. The number of rotatable bonds is 7. The number of nitrogens with one attached hydrogen (secondary N) is 2. The molecule has 0 aliphatic heterocycles. The van der Waals surface area contributed by atoms with Crippen LogP contribution in [0.1, 0.15) is 11.1 Å². The van der Waals surface area contributed by atoms with Crippen LogP contribution in [0.25, 0.3) is 16.6 Å². The van der Waals surface area contributed by atoms with Gasteiger partial charge >= 0.3 is 0 Å². The number of aromatic amines is 1. The van der Waals surface area contributed by atoms with E-state index in [0.717, 1.165) is 27.7 Å². The van der Waals surface area contributed by atoms with E-state index in [1.165, 1.54) is 23.9 Å². The number of nitrogens with zero attached hydrogens (tertiary/aromatic N) is 4. The van der Waals surface area contributed by atoms with Crippen molar-refractivity contribution in [2.45, 2.75) is 18.5 Å². The number of fused-ring (bicyclic) bond motifs is 1. The van der Waals surface area contributed by atoms with Crippen molar-refractivity contribution in [3.05, 3.63) is 65.6 Å². The van der Waals surface area contributed by atoms with Crippen molar-refractivity contribution in [3.8, 4) is 5.69 Å². The number of thioether (sulfide) groups is 1. The van der Waals surface area contributed by atoms with Gasteiger partial charge in [0.2, 0.25) is 11.1 Å². The third-order valence-electron chi connectivity index (χ3n) is 4.47. The Kier molecular flexibility index (Phi) is 5.57. The number of halogens is 1. The molecule has 0 aliphatic rings. The van der Waals surface area contributed by atoms with Gasteiger partial charge in [-0.3, -0.25) is 4.79 Å². The van der Waals surface area contributed by atoms with Gasteiger partial charge in [-0.05, 0) is 65.2 Å². The monoisotopic (exact) mass is 410 g/mol. The summed E-state index contributed by atoms with van der Waals surface area (Å²) in [7, 11) is 0. The number of carbonyl (C=O) groups is 1. The Hall–Kier alpha value is -3.20. The van der Waals surface area contributed by atoms with E-state index in [0.29, 0.717) is 18.1 Å². The van der Waals surface area contributed by atoms with Gasteiger partial charge < -0.3 is 10.3 Å². The normalized spacial score (nSPS) is 11.1. The minimum Gasteiger partial charge on any atom is -0.361 e. The fraction of sp³-hybridized carbons (Fsp3) is 0.200. The maximum Gasteiger partial charge on any atom is 0.230 e. The molecule has 0 spiro atoms. The van der Waals surface area contributed by atoms with Crippen molar-refractivity contribution in [1.82, 2.24) is 30.5 Å². The van der Waals surface area contributed by atoms with Gasteiger partial charge in [0.25, 0.3) is 0 Å². The second-order valence-corrected chi connectivity index (χ2v) is 7.55. The Labute approximate surface area is 170 Å². The number of benzene rings is 2. The highest BCUT2D eigenvalue weighted by Crippen LogP contribution is 2.20. The highest BCUT2D eigenvalue weighted by atomic mass is 32.2. The van der Waals surface area contributed by atoms with E-state index >= 15 is 0 Å². The lowest BCUT2D eigenvalue weighted by molar-refractivity contribution is -0.118. The highest BCUT2D eigenvalue weighted by Gasteiger charge is 2.12. The molecule has 4 rings (SSSR count). The van der Waals surface area contributed by atoms with Crippen molar-refractivity contribution in [2.75, 3.05) is 12.3 Å². The van der Waals surface area contributed by atoms with Crippen LogP contribution in [0.5, 0.6) is 0 Å². The highest BCUT2D eigenvalue weighted by molar-refractivity contribution is 7.99. The van der Waals surface area contributed by atoms with Crippen molar-refractivity contribution in [2.24, 2.45) is 0 Å². The lowest BCUT2D eigenvalue weighted by Crippen LogP contribution is -2.27. The van der Waals surface area contributed by atoms with Crippen LogP contribution >= 0.6 is 11.8 Å². The molecule has 0 saturated carbocycles. The molecule has 0 atom stereocenters. The summed E-state index contributed by atoms with van der Waals surface area (Å²) in [5.41, 5.74) is 3.80. The van der Waals surface area contributed by atoms with Crippen molar-refractivity contribution >= 4 is 28.6 Å². The molecule has 0 fully saturated rings. The van der Waals surface area contributed by atoms with Crippen molar-refractivity contribution in [3.63, 3.8) is 0 Å². The maximum atomic E-state index is 13.5. The summed E-state index contributed by atoms with van der Waals surface area (Å²) in [4.78, 5) is 15.3. The Morgan fingerprint density at radius 2 is 2.17 bits per heavy atom. The topological polar surface area (TPSA) is 88.5 Å². The first-order chi connectivity index (χ1) is 14.1. The number of amides is 1. The van der Waals surface area contributed by atoms with Gasteiger partial charge in [0, 0.05) is 23.6 Å². The van der Waals surface area contributed by atoms with E-state index in [4.69, 9.17) is 0 Å². The van der Waals surface area contributed by atoms with Crippen LogP contribution in [0.15, 0.2) is 53.8 Å². The average molecular weight is 410 g/mol. The molecule has 148 valence electrons. The van der Waals surface area contributed by atoms with Crippen molar-refractivity contribution < 1.29 is 9.18 Å². The minimum atomic E-state index is -0.273. The number of hydrogen-bond acceptors (Lipinski definition) is 5. The molecule has 9 heteroatoms. The van der Waals surface area contributed by atoms with Crippen LogP contribution in [0, 0.1) is 12.7 Å². The summed E-state index contributed by atoms with van der Waals surface area (Å²) < 4.78 is 15.1. The minimum absolute atomic E-state index is 0.111. The molecule has 2 N–H and O–H groups in total. The first-order valence-electron chi connectivity index (χ1n) is 9.10. The number of aromatic nitrogens is 5. The zero-order valence-corrected chi connectivity index (χ0v) is 16.5. The SMILES string of the molecule is Cc1cccc(-n2nnnc2SCC(=O)NCCc2c[nH]c3ccc(F)cc23)c1. The van der Waals surface area contributed by atoms with Gasteiger partial charge in [-0.1, -0.05) is 23.9 Å². The van der Waals surface area contributed by atoms with E-state index in [9.17, 15) is 9.18 Å². The molecule has 0 saturated heterocycles. The van der Waals surface area contributed by atoms with Gasteiger partial charge in [0.1, 0.15) is 5.82 Å². The molecule has 29 heavy (non-hydrogen) atoms. The lowest BCUT2D eigenvalue weighted by atomic mass is 10.1. The number of aryl methyl sites for hydroxylation is 1. The number of H-pyrrole nitrogens is 1. The second-order valence-electron chi connectivity index (χ2n) is 6.60. The lowest BCUT2D eigenvalue weighted by Gasteiger charge is -2.06. The average Bonchev–Trinajstić information content (AvgIpc) is 3.33. The first-order valence-corrected chi connectivity index (χ1v) is 10.1. The molecular formula is C20H19FN6OS. The zero-order chi connectivity index (χ0) is 20.2. The third-order valence-corrected chi connectivity index (χ3v) is 5.38. The smallest absolute Gasteiger partial charge is 0.230 e. The molecule has 4 aromatic rings. The molecule has 0 unspecified atom stereocenters. The summed E-state index contributed by atoms with van der Waals surface area (Å²) in [6, 6.07) is 12.5.